The van der Waals surface area contributed by atoms with Crippen LogP contribution in [-0.2, 0) is 11.2 Å². The summed E-state index contributed by atoms with van der Waals surface area (Å²) < 4.78 is 10.7. The van der Waals surface area contributed by atoms with Gasteiger partial charge in [0, 0.05) is 26.1 Å². The van der Waals surface area contributed by atoms with E-state index >= 15 is 0 Å². The number of hydrogen-bond acceptors (Lipinski definition) is 4. The van der Waals surface area contributed by atoms with Gasteiger partial charge < -0.3 is 14.5 Å². The monoisotopic (exact) mass is 212 g/mol. The smallest absolute Gasteiger partial charge is 0.195 e. The van der Waals surface area contributed by atoms with Gasteiger partial charge in [-0.25, -0.2) is 4.98 Å². The molecule has 1 unspecified atom stereocenters. The van der Waals surface area contributed by atoms with Gasteiger partial charge in [-0.15, -0.1) is 0 Å². The summed E-state index contributed by atoms with van der Waals surface area (Å²) in [6.07, 6.45) is 2.53. The van der Waals surface area contributed by atoms with E-state index < -0.39 is 0 Å². The fraction of sp³-hybridized carbons (Fsp3) is 0.727. The highest BCUT2D eigenvalue weighted by molar-refractivity contribution is 4.97. The summed E-state index contributed by atoms with van der Waals surface area (Å²) in [5.41, 5.74) is 0. The van der Waals surface area contributed by atoms with Crippen molar-refractivity contribution in [2.24, 2.45) is 0 Å². The Balaban J connectivity index is 2.39. The maximum atomic E-state index is 5.54. The zero-order chi connectivity index (χ0) is 11.3. The van der Waals surface area contributed by atoms with Crippen molar-refractivity contribution in [3.8, 4) is 0 Å². The molecular weight excluding hydrogens is 192 g/mol. The van der Waals surface area contributed by atoms with Crippen molar-refractivity contribution in [3.63, 3.8) is 0 Å². The van der Waals surface area contributed by atoms with Crippen molar-refractivity contribution in [1.29, 1.82) is 0 Å². The second-order valence-electron chi connectivity index (χ2n) is 3.89. The van der Waals surface area contributed by atoms with Gasteiger partial charge in [-0.05, 0) is 6.92 Å². The molecule has 0 fully saturated rings. The number of nitrogens with one attached hydrogen (secondary N) is 1. The average molecular weight is 212 g/mol. The van der Waals surface area contributed by atoms with Crippen LogP contribution in [0.25, 0.3) is 0 Å². The van der Waals surface area contributed by atoms with E-state index in [4.69, 9.17) is 9.15 Å². The fourth-order valence-electron chi connectivity index (χ4n) is 1.21. The van der Waals surface area contributed by atoms with Crippen molar-refractivity contribution in [2.75, 3.05) is 13.7 Å². The third-order valence-corrected chi connectivity index (χ3v) is 2.22. The maximum absolute atomic E-state index is 5.54. The third kappa shape index (κ3) is 4.01. The first kappa shape index (κ1) is 12.2. The van der Waals surface area contributed by atoms with Gasteiger partial charge in [0.05, 0.1) is 6.20 Å². The highest BCUT2D eigenvalue weighted by atomic mass is 16.5. The molecule has 4 heteroatoms. The van der Waals surface area contributed by atoms with E-state index in [0.717, 1.165) is 24.6 Å². The summed E-state index contributed by atoms with van der Waals surface area (Å²) in [5.74, 6) is 1.55. The lowest BCUT2D eigenvalue weighted by Gasteiger charge is -2.06. The molecule has 0 aliphatic carbocycles. The van der Waals surface area contributed by atoms with Crippen molar-refractivity contribution in [3.05, 3.63) is 17.8 Å². The maximum Gasteiger partial charge on any atom is 0.195 e. The molecule has 0 bridgehead atoms. The molecule has 0 radical (unpaired) electrons. The van der Waals surface area contributed by atoms with E-state index in [1.165, 1.54) is 0 Å². The molecule has 1 heterocycles. The molecule has 15 heavy (non-hydrogen) atoms. The molecule has 1 aromatic heterocycles. The van der Waals surface area contributed by atoms with Crippen LogP contribution < -0.4 is 5.32 Å². The number of nitrogens with zero attached hydrogens (tertiary/aromatic N) is 1. The quantitative estimate of drug-likeness (QED) is 0.782. The first-order valence-electron chi connectivity index (χ1n) is 5.34. The van der Waals surface area contributed by atoms with Crippen LogP contribution in [0.15, 0.2) is 10.6 Å². The minimum absolute atomic E-state index is 0.0238. The Morgan fingerprint density at radius 1 is 1.47 bits per heavy atom. The zero-order valence-electron chi connectivity index (χ0n) is 9.91. The normalized spacial score (nSPS) is 13.4. The molecule has 1 rings (SSSR count). The van der Waals surface area contributed by atoms with Crippen LogP contribution in [0, 0.1) is 0 Å². The summed E-state index contributed by atoms with van der Waals surface area (Å²) >= 11 is 0. The molecule has 0 aliphatic heterocycles. The molecule has 0 saturated carbocycles. The Morgan fingerprint density at radius 2 is 2.20 bits per heavy atom. The molecule has 0 amide bonds. The molecule has 4 nitrogen and oxygen atoms in total. The van der Waals surface area contributed by atoms with Crippen molar-refractivity contribution < 1.29 is 9.15 Å². The standard InChI is InChI=1S/C11H20N2O2/c1-8(2)12-6-5-11-13-7-10(15-11)9(3)14-4/h7-9,12H,5-6H2,1-4H3. The third-order valence-electron chi connectivity index (χ3n) is 2.22. The number of hydrogen-bond donors (Lipinski definition) is 1. The summed E-state index contributed by atoms with van der Waals surface area (Å²) in [6, 6.07) is 0.498. The Morgan fingerprint density at radius 3 is 2.80 bits per heavy atom. The summed E-state index contributed by atoms with van der Waals surface area (Å²) in [5, 5.41) is 3.32. The van der Waals surface area contributed by atoms with Crippen molar-refractivity contribution >= 4 is 0 Å². The lowest BCUT2D eigenvalue weighted by atomic mass is 10.3. The van der Waals surface area contributed by atoms with Crippen LogP contribution in [0.1, 0.15) is 38.5 Å². The Bertz CT molecular complexity index is 284. The summed E-state index contributed by atoms with van der Waals surface area (Å²) in [7, 11) is 1.66. The van der Waals surface area contributed by atoms with Crippen LogP contribution in [0.5, 0.6) is 0 Å². The predicted octanol–water partition coefficient (Wildman–Crippen LogP) is 1.92. The Hall–Kier alpha value is -0.870. The van der Waals surface area contributed by atoms with E-state index in [2.05, 4.69) is 24.1 Å². The van der Waals surface area contributed by atoms with Crippen molar-refractivity contribution in [2.45, 2.75) is 39.3 Å². The average Bonchev–Trinajstić information content (AvgIpc) is 2.65. The topological polar surface area (TPSA) is 47.3 Å². The van der Waals surface area contributed by atoms with Crippen LogP contribution in [0.3, 0.4) is 0 Å². The van der Waals surface area contributed by atoms with Gasteiger partial charge in [0.15, 0.2) is 11.7 Å². The number of methoxy groups -OCH3 is 1. The van der Waals surface area contributed by atoms with Gasteiger partial charge in [-0.1, -0.05) is 13.8 Å². The second kappa shape index (κ2) is 5.88. The number of aromatic nitrogens is 1. The SMILES string of the molecule is COC(C)c1cnc(CCNC(C)C)o1. The van der Waals surface area contributed by atoms with E-state index in [1.807, 2.05) is 6.92 Å². The van der Waals surface area contributed by atoms with Gasteiger partial charge in [0.1, 0.15) is 6.10 Å². The van der Waals surface area contributed by atoms with Gasteiger partial charge in [-0.3, -0.25) is 0 Å². The minimum atomic E-state index is -0.0238. The van der Waals surface area contributed by atoms with E-state index in [0.29, 0.717) is 6.04 Å². The van der Waals surface area contributed by atoms with Crippen LogP contribution in [0.2, 0.25) is 0 Å². The highest BCUT2D eigenvalue weighted by Gasteiger charge is 2.10. The van der Waals surface area contributed by atoms with Crippen LogP contribution in [-0.4, -0.2) is 24.7 Å². The summed E-state index contributed by atoms with van der Waals surface area (Å²) in [4.78, 5) is 4.20. The lowest BCUT2D eigenvalue weighted by Crippen LogP contribution is -2.24. The second-order valence-corrected chi connectivity index (χ2v) is 3.89. The van der Waals surface area contributed by atoms with E-state index in [9.17, 15) is 0 Å². The molecule has 1 atom stereocenters. The minimum Gasteiger partial charge on any atom is -0.443 e. The molecule has 1 N–H and O–H groups in total. The molecule has 1 aromatic rings. The van der Waals surface area contributed by atoms with Crippen LogP contribution in [0.4, 0.5) is 0 Å². The number of rotatable bonds is 6. The number of ether oxygens (including phenoxy) is 1. The van der Waals surface area contributed by atoms with Gasteiger partial charge >= 0.3 is 0 Å². The molecule has 0 spiro atoms. The fourth-order valence-corrected chi connectivity index (χ4v) is 1.21. The van der Waals surface area contributed by atoms with E-state index in [1.54, 1.807) is 13.3 Å². The highest BCUT2D eigenvalue weighted by Crippen LogP contribution is 2.16. The zero-order valence-corrected chi connectivity index (χ0v) is 9.91. The van der Waals surface area contributed by atoms with Gasteiger partial charge in [-0.2, -0.15) is 0 Å². The molecule has 86 valence electrons. The number of oxazole rings is 1. The first-order chi connectivity index (χ1) is 7.13. The Kier molecular flexibility index (Phi) is 4.78. The molecule has 0 aliphatic rings. The molecular formula is C11H20N2O2. The van der Waals surface area contributed by atoms with Crippen LogP contribution >= 0.6 is 0 Å². The lowest BCUT2D eigenvalue weighted by molar-refractivity contribution is 0.0983. The van der Waals surface area contributed by atoms with Gasteiger partial charge in [0.25, 0.3) is 0 Å². The molecule has 0 saturated heterocycles. The summed E-state index contributed by atoms with van der Waals surface area (Å²) in [6.45, 7) is 7.07. The van der Waals surface area contributed by atoms with Crippen molar-refractivity contribution in [1.82, 2.24) is 10.3 Å². The van der Waals surface area contributed by atoms with Gasteiger partial charge in [0.2, 0.25) is 0 Å². The van der Waals surface area contributed by atoms with E-state index in [-0.39, 0.29) is 6.10 Å². The largest absolute Gasteiger partial charge is 0.443 e. The Labute approximate surface area is 91.0 Å². The predicted molar refractivity (Wildman–Crippen MR) is 58.8 cm³/mol. The first-order valence-corrected chi connectivity index (χ1v) is 5.34. The molecule has 0 aromatic carbocycles.